The molecule has 100 valence electrons. The molecule has 0 spiro atoms. The van der Waals surface area contributed by atoms with Crippen LogP contribution >= 0.6 is 0 Å². The van der Waals surface area contributed by atoms with Crippen molar-refractivity contribution in [3.63, 3.8) is 0 Å². The van der Waals surface area contributed by atoms with E-state index in [9.17, 15) is 4.79 Å². The van der Waals surface area contributed by atoms with Gasteiger partial charge in [-0.2, -0.15) is 0 Å². The molecule has 1 unspecified atom stereocenters. The first-order valence-corrected chi connectivity index (χ1v) is 9.38. The highest BCUT2D eigenvalue weighted by Gasteiger charge is 2.40. The van der Waals surface area contributed by atoms with Gasteiger partial charge in [0, 0.05) is 12.5 Å². The van der Waals surface area contributed by atoms with Crippen molar-refractivity contribution in [3.05, 3.63) is 23.8 Å². The van der Waals surface area contributed by atoms with E-state index in [4.69, 9.17) is 9.16 Å². The summed E-state index contributed by atoms with van der Waals surface area (Å²) in [5.41, 5.74) is 0.982. The van der Waals surface area contributed by atoms with Gasteiger partial charge in [0.25, 0.3) is 0 Å². The van der Waals surface area contributed by atoms with E-state index in [1.54, 1.807) is 6.08 Å². The Kier molecular flexibility index (Phi) is 3.28. The average molecular weight is 266 g/mol. The molecule has 0 amide bonds. The smallest absolute Gasteiger partial charge is 0.331 e. The SMILES string of the molecule is CC(C)(C)[Si](C)(C)OC1C=CC2=CC(=O)O[C@H]2C1. The molecule has 2 rings (SSSR count). The van der Waals surface area contributed by atoms with Gasteiger partial charge in [0.2, 0.25) is 0 Å². The van der Waals surface area contributed by atoms with Gasteiger partial charge >= 0.3 is 5.97 Å². The second kappa shape index (κ2) is 4.35. The van der Waals surface area contributed by atoms with E-state index in [1.807, 2.05) is 6.08 Å². The molecule has 0 fully saturated rings. The summed E-state index contributed by atoms with van der Waals surface area (Å²) < 4.78 is 11.6. The lowest BCUT2D eigenvalue weighted by atomic mass is 9.98. The van der Waals surface area contributed by atoms with E-state index in [2.05, 4.69) is 39.9 Å². The second-order valence-electron chi connectivity index (χ2n) is 6.58. The third-order valence-electron chi connectivity index (χ3n) is 4.12. The molecule has 1 heterocycles. The van der Waals surface area contributed by atoms with Crippen molar-refractivity contribution < 1.29 is 14.0 Å². The van der Waals surface area contributed by atoms with E-state index >= 15 is 0 Å². The van der Waals surface area contributed by atoms with E-state index in [0.717, 1.165) is 12.0 Å². The second-order valence-corrected chi connectivity index (χ2v) is 11.3. The summed E-state index contributed by atoms with van der Waals surface area (Å²) in [7, 11) is -1.76. The normalized spacial score (nSPS) is 27.8. The summed E-state index contributed by atoms with van der Waals surface area (Å²) in [6.45, 7) is 11.2. The molecule has 0 aromatic carbocycles. The van der Waals surface area contributed by atoms with Gasteiger partial charge in [0.15, 0.2) is 8.32 Å². The van der Waals surface area contributed by atoms with Crippen molar-refractivity contribution >= 4 is 14.3 Å². The van der Waals surface area contributed by atoms with Crippen LogP contribution in [0.1, 0.15) is 27.2 Å². The fourth-order valence-corrected chi connectivity index (χ4v) is 3.25. The molecule has 1 aliphatic carbocycles. The van der Waals surface area contributed by atoms with Crippen LogP contribution in [0, 0.1) is 0 Å². The van der Waals surface area contributed by atoms with Crippen LogP contribution in [0.15, 0.2) is 23.8 Å². The monoisotopic (exact) mass is 266 g/mol. The summed E-state index contributed by atoms with van der Waals surface area (Å²) in [6, 6.07) is 0. The maximum Gasteiger partial charge on any atom is 0.331 e. The number of hydrogen-bond donors (Lipinski definition) is 0. The standard InChI is InChI=1S/C14H22O3Si/c1-14(2,3)18(4,5)17-11-7-6-10-8-13(15)16-12(10)9-11/h6-8,11-12H,9H2,1-5H3/t11?,12-/m0/s1. The van der Waals surface area contributed by atoms with Gasteiger partial charge in [0.1, 0.15) is 6.10 Å². The van der Waals surface area contributed by atoms with Crippen molar-refractivity contribution in [2.45, 2.75) is 57.5 Å². The van der Waals surface area contributed by atoms with Crippen molar-refractivity contribution in [3.8, 4) is 0 Å². The van der Waals surface area contributed by atoms with Crippen LogP contribution in [-0.2, 0) is 14.0 Å². The lowest BCUT2D eigenvalue weighted by Crippen LogP contribution is -2.44. The number of fused-ring (bicyclic) bond motifs is 1. The highest BCUT2D eigenvalue weighted by atomic mass is 28.4. The number of carbonyl (C=O) groups excluding carboxylic acids is 1. The predicted octanol–water partition coefficient (Wildman–Crippen LogP) is 3.19. The maximum atomic E-state index is 11.2. The highest BCUT2D eigenvalue weighted by molar-refractivity contribution is 6.74. The average Bonchev–Trinajstić information content (AvgIpc) is 2.54. The van der Waals surface area contributed by atoms with Crippen LogP contribution in [0.2, 0.25) is 18.1 Å². The number of esters is 1. The summed E-state index contributed by atoms with van der Waals surface area (Å²) in [6.07, 6.45) is 6.32. The van der Waals surface area contributed by atoms with Gasteiger partial charge in [0.05, 0.1) is 6.10 Å². The molecule has 0 saturated heterocycles. The fourth-order valence-electron chi connectivity index (χ4n) is 1.96. The minimum absolute atomic E-state index is 0.0685. The Morgan fingerprint density at radius 3 is 2.67 bits per heavy atom. The van der Waals surface area contributed by atoms with Crippen molar-refractivity contribution in [1.82, 2.24) is 0 Å². The maximum absolute atomic E-state index is 11.2. The molecule has 3 nitrogen and oxygen atoms in total. The molecule has 0 N–H and O–H groups in total. The van der Waals surface area contributed by atoms with Crippen molar-refractivity contribution in [1.29, 1.82) is 0 Å². The molecular formula is C14H22O3Si. The zero-order valence-corrected chi connectivity index (χ0v) is 12.8. The first-order valence-electron chi connectivity index (χ1n) is 6.47. The van der Waals surface area contributed by atoms with Crippen LogP contribution in [0.25, 0.3) is 0 Å². The Bertz CT molecular complexity index is 415. The topological polar surface area (TPSA) is 35.5 Å². The van der Waals surface area contributed by atoms with Gasteiger partial charge in [-0.05, 0) is 23.7 Å². The van der Waals surface area contributed by atoms with Crippen LogP contribution in [0.4, 0.5) is 0 Å². The Morgan fingerprint density at radius 2 is 2.06 bits per heavy atom. The van der Waals surface area contributed by atoms with E-state index in [-0.39, 0.29) is 23.2 Å². The largest absolute Gasteiger partial charge is 0.454 e. The number of carbonyl (C=O) groups is 1. The molecule has 2 aliphatic rings. The number of ether oxygens (including phenoxy) is 1. The Balaban J connectivity index is 2.05. The minimum atomic E-state index is -1.76. The van der Waals surface area contributed by atoms with Crippen LogP contribution in [-0.4, -0.2) is 26.5 Å². The summed E-state index contributed by atoms with van der Waals surface area (Å²) in [5.74, 6) is -0.229. The Hall–Kier alpha value is -0.873. The van der Waals surface area contributed by atoms with Gasteiger partial charge in [-0.25, -0.2) is 4.79 Å². The van der Waals surface area contributed by atoms with Crippen molar-refractivity contribution in [2.24, 2.45) is 0 Å². The molecule has 4 heteroatoms. The van der Waals surface area contributed by atoms with Crippen LogP contribution in [0.5, 0.6) is 0 Å². The first kappa shape index (κ1) is 13.6. The number of hydrogen-bond acceptors (Lipinski definition) is 3. The fraction of sp³-hybridized carbons (Fsp3) is 0.643. The van der Waals surface area contributed by atoms with Gasteiger partial charge in [-0.15, -0.1) is 0 Å². The van der Waals surface area contributed by atoms with E-state index in [0.29, 0.717) is 0 Å². The molecule has 0 aromatic heterocycles. The van der Waals surface area contributed by atoms with E-state index in [1.165, 1.54) is 0 Å². The first-order chi connectivity index (χ1) is 8.19. The molecule has 1 aliphatic heterocycles. The summed E-state index contributed by atoms with van der Waals surface area (Å²) >= 11 is 0. The Morgan fingerprint density at radius 1 is 1.39 bits per heavy atom. The third-order valence-corrected chi connectivity index (χ3v) is 8.62. The molecule has 18 heavy (non-hydrogen) atoms. The highest BCUT2D eigenvalue weighted by Crippen LogP contribution is 2.39. The Labute approximate surface area is 110 Å². The lowest BCUT2D eigenvalue weighted by Gasteiger charge is -2.39. The lowest BCUT2D eigenvalue weighted by molar-refractivity contribution is -0.139. The predicted molar refractivity (Wildman–Crippen MR) is 73.8 cm³/mol. The van der Waals surface area contributed by atoms with Crippen LogP contribution in [0.3, 0.4) is 0 Å². The van der Waals surface area contributed by atoms with Crippen LogP contribution < -0.4 is 0 Å². The zero-order valence-electron chi connectivity index (χ0n) is 11.8. The molecule has 0 bridgehead atoms. The molecule has 0 aromatic rings. The van der Waals surface area contributed by atoms with Gasteiger partial charge in [-0.3, -0.25) is 0 Å². The summed E-state index contributed by atoms with van der Waals surface area (Å²) in [4.78, 5) is 11.2. The molecule has 2 atom stereocenters. The summed E-state index contributed by atoms with van der Waals surface area (Å²) in [5, 5.41) is 0.198. The van der Waals surface area contributed by atoms with Gasteiger partial charge < -0.3 is 9.16 Å². The quantitative estimate of drug-likeness (QED) is 0.569. The molecule has 0 radical (unpaired) electrons. The third kappa shape index (κ3) is 2.59. The molecule has 0 saturated carbocycles. The minimum Gasteiger partial charge on any atom is -0.454 e. The van der Waals surface area contributed by atoms with Crippen molar-refractivity contribution in [2.75, 3.05) is 0 Å². The molecular weight excluding hydrogens is 244 g/mol. The van der Waals surface area contributed by atoms with Gasteiger partial charge in [-0.1, -0.05) is 32.9 Å². The number of rotatable bonds is 2. The zero-order chi connectivity index (χ0) is 13.6. The van der Waals surface area contributed by atoms with E-state index < -0.39 is 8.32 Å².